The summed E-state index contributed by atoms with van der Waals surface area (Å²) in [5.74, 6) is 1.43. The SMILES string of the molecule is c1ccc(-n2c3ccccc3c3cc(C4=NC(c5ccc6c(c5)sc5ccccc56)=NC(c5ccc6oc7ccccc7c6c5-n5c6ccccc6c6cc7ccccc7cc65)N4)ccc32)cc1. The predicted octanol–water partition coefficient (Wildman–Crippen LogP) is 15.8. The van der Waals surface area contributed by atoms with Crippen LogP contribution in [0.15, 0.2) is 227 Å². The first-order chi connectivity index (χ1) is 33.7. The summed E-state index contributed by atoms with van der Waals surface area (Å²) in [5, 5.41) is 15.6. The molecule has 0 saturated carbocycles. The van der Waals surface area contributed by atoms with Crippen molar-refractivity contribution in [1.29, 1.82) is 0 Å². The van der Waals surface area contributed by atoms with Gasteiger partial charge in [-0.2, -0.15) is 0 Å². The molecule has 0 aliphatic carbocycles. The lowest BCUT2D eigenvalue weighted by molar-refractivity contribution is 0.661. The number of hydrogen-bond acceptors (Lipinski definition) is 5. The van der Waals surface area contributed by atoms with Crippen LogP contribution < -0.4 is 5.32 Å². The molecule has 0 bridgehead atoms. The number of aliphatic imine (C=N–C) groups is 2. The number of nitrogens with zero attached hydrogens (tertiary/aromatic N) is 4. The zero-order valence-corrected chi connectivity index (χ0v) is 37.2. The topological polar surface area (TPSA) is 59.8 Å². The normalized spacial score (nSPS) is 14.3. The molecule has 1 N–H and O–H groups in total. The lowest BCUT2D eigenvalue weighted by Crippen LogP contribution is -2.34. The molecule has 0 radical (unpaired) electrons. The molecular weight excluding hydrogens is 851 g/mol. The van der Waals surface area contributed by atoms with Crippen molar-refractivity contribution in [2.75, 3.05) is 0 Å². The monoisotopic (exact) mass is 887 g/mol. The van der Waals surface area contributed by atoms with Crippen molar-refractivity contribution in [1.82, 2.24) is 14.5 Å². The third kappa shape index (κ3) is 5.51. The van der Waals surface area contributed by atoms with Crippen LogP contribution in [-0.4, -0.2) is 20.8 Å². The summed E-state index contributed by atoms with van der Waals surface area (Å²) in [5.41, 5.74) is 11.3. The Morgan fingerprint density at radius 2 is 1.09 bits per heavy atom. The lowest BCUT2D eigenvalue weighted by Gasteiger charge is -2.26. The molecule has 1 aliphatic rings. The minimum atomic E-state index is -0.540. The number of thiophene rings is 1. The van der Waals surface area contributed by atoms with Crippen molar-refractivity contribution in [3.8, 4) is 11.4 Å². The molecule has 68 heavy (non-hydrogen) atoms. The largest absolute Gasteiger partial charge is 0.456 e. The molecule has 1 atom stereocenters. The highest BCUT2D eigenvalue weighted by Gasteiger charge is 2.29. The second-order valence-corrected chi connectivity index (χ2v) is 18.8. The second-order valence-electron chi connectivity index (χ2n) is 17.7. The van der Waals surface area contributed by atoms with Crippen LogP contribution in [0, 0.1) is 0 Å². The third-order valence-corrected chi connectivity index (χ3v) is 15.1. The van der Waals surface area contributed by atoms with E-state index in [0.717, 1.165) is 83.3 Å². The molecule has 14 aromatic rings. The Balaban J connectivity index is 0.999. The Hall–Kier alpha value is -8.78. The van der Waals surface area contributed by atoms with Crippen LogP contribution in [0.3, 0.4) is 0 Å². The summed E-state index contributed by atoms with van der Waals surface area (Å²) in [6.07, 6.45) is -0.540. The molecular formula is C61H37N5OS. The van der Waals surface area contributed by atoms with Crippen LogP contribution >= 0.6 is 11.3 Å². The standard InChI is InChI=1S/C61H37N5OS/c1-2-16-40(17-3-1)65-49-22-10-6-18-41(49)47-33-38(27-30-51(47)65)59-62-60(39-26-28-44-43-20-9-13-25-55(43)68-56(44)35-39)64-61(63-59)46-29-31-54-57(45-21-8-12-24-53(45)67-54)58(46)66-50-23-11-7-19-42(50)48-32-36-14-4-5-15-37(36)34-52(48)66/h1-35,61H,(H,62,63,64). The highest BCUT2D eigenvalue weighted by molar-refractivity contribution is 7.25. The Morgan fingerprint density at radius 3 is 1.93 bits per heavy atom. The van der Waals surface area contributed by atoms with E-state index in [-0.39, 0.29) is 0 Å². The van der Waals surface area contributed by atoms with Gasteiger partial charge in [-0.25, -0.2) is 9.98 Å². The van der Waals surface area contributed by atoms with E-state index in [4.69, 9.17) is 14.4 Å². The maximum Gasteiger partial charge on any atom is 0.159 e. The van der Waals surface area contributed by atoms with Gasteiger partial charge in [0.1, 0.15) is 23.2 Å². The van der Waals surface area contributed by atoms with Crippen LogP contribution in [0.5, 0.6) is 0 Å². The van der Waals surface area contributed by atoms with E-state index in [1.54, 1.807) is 0 Å². The summed E-state index contributed by atoms with van der Waals surface area (Å²) < 4.78 is 14.0. The van der Waals surface area contributed by atoms with Gasteiger partial charge < -0.3 is 18.9 Å². The molecule has 1 aliphatic heterocycles. The minimum Gasteiger partial charge on any atom is -0.456 e. The minimum absolute atomic E-state index is 0.540. The van der Waals surface area contributed by atoms with Gasteiger partial charge in [0.15, 0.2) is 5.84 Å². The molecule has 4 aromatic heterocycles. The van der Waals surface area contributed by atoms with E-state index >= 15 is 0 Å². The van der Waals surface area contributed by atoms with E-state index in [1.807, 2.05) is 17.4 Å². The van der Waals surface area contributed by atoms with Gasteiger partial charge in [0.25, 0.3) is 0 Å². The fraction of sp³-hybridized carbons (Fsp3) is 0.0164. The highest BCUT2D eigenvalue weighted by atomic mass is 32.1. The van der Waals surface area contributed by atoms with E-state index < -0.39 is 6.17 Å². The number of furan rings is 1. The molecule has 0 fully saturated rings. The summed E-state index contributed by atoms with van der Waals surface area (Å²) in [6.45, 7) is 0. The number of hydrogen-bond donors (Lipinski definition) is 1. The van der Waals surface area contributed by atoms with Crippen molar-refractivity contribution in [3.63, 3.8) is 0 Å². The van der Waals surface area contributed by atoms with Crippen LogP contribution in [0.4, 0.5) is 0 Å². The smallest absolute Gasteiger partial charge is 0.159 e. The maximum absolute atomic E-state index is 6.69. The van der Waals surface area contributed by atoms with Gasteiger partial charge in [-0.3, -0.25) is 0 Å². The first kappa shape index (κ1) is 37.4. The number of fused-ring (bicyclic) bond motifs is 13. The Kier molecular flexibility index (Phi) is 7.91. The average Bonchev–Trinajstić information content (AvgIpc) is 4.15. The second kappa shape index (κ2) is 14.4. The fourth-order valence-corrected chi connectivity index (χ4v) is 12.0. The molecule has 7 heteroatoms. The van der Waals surface area contributed by atoms with Gasteiger partial charge in [-0.1, -0.05) is 127 Å². The van der Waals surface area contributed by atoms with Crippen LogP contribution in [0.25, 0.3) is 108 Å². The fourth-order valence-electron chi connectivity index (χ4n) is 10.9. The van der Waals surface area contributed by atoms with E-state index in [0.29, 0.717) is 5.84 Å². The number of aromatic nitrogens is 2. The number of nitrogens with one attached hydrogen (secondary N) is 1. The van der Waals surface area contributed by atoms with E-state index in [2.05, 4.69) is 221 Å². The summed E-state index contributed by atoms with van der Waals surface area (Å²) >= 11 is 1.81. The van der Waals surface area contributed by atoms with Crippen LogP contribution in [-0.2, 0) is 0 Å². The first-order valence-electron chi connectivity index (χ1n) is 23.0. The van der Waals surface area contributed by atoms with Crippen LogP contribution in [0.1, 0.15) is 22.9 Å². The van der Waals surface area contributed by atoms with Gasteiger partial charge in [-0.15, -0.1) is 11.3 Å². The Labute approximate surface area is 392 Å². The number of benzene rings is 10. The third-order valence-electron chi connectivity index (χ3n) is 13.9. The molecule has 10 aromatic carbocycles. The quantitative estimate of drug-likeness (QED) is 0.187. The first-order valence-corrected chi connectivity index (χ1v) is 23.8. The molecule has 6 nitrogen and oxygen atoms in total. The van der Waals surface area contributed by atoms with Crippen molar-refractivity contribution in [3.05, 3.63) is 229 Å². The zero-order chi connectivity index (χ0) is 44.5. The average molecular weight is 888 g/mol. The van der Waals surface area contributed by atoms with Crippen molar-refractivity contribution in [2.45, 2.75) is 6.17 Å². The van der Waals surface area contributed by atoms with Gasteiger partial charge in [-0.05, 0) is 95.7 Å². The van der Waals surface area contributed by atoms with Crippen molar-refractivity contribution >= 4 is 120 Å². The number of amidine groups is 2. The lowest BCUT2D eigenvalue weighted by atomic mass is 10.0. The van der Waals surface area contributed by atoms with E-state index in [9.17, 15) is 0 Å². The number of para-hydroxylation sites is 4. The summed E-state index contributed by atoms with van der Waals surface area (Å²) in [6, 6.07) is 76.1. The van der Waals surface area contributed by atoms with Crippen molar-refractivity contribution in [2.24, 2.45) is 9.98 Å². The molecule has 5 heterocycles. The van der Waals surface area contributed by atoms with E-state index in [1.165, 1.54) is 47.1 Å². The molecule has 318 valence electrons. The van der Waals surface area contributed by atoms with Crippen molar-refractivity contribution < 1.29 is 4.42 Å². The van der Waals surface area contributed by atoms with Gasteiger partial charge >= 0.3 is 0 Å². The highest BCUT2D eigenvalue weighted by Crippen LogP contribution is 2.44. The molecule has 0 amide bonds. The molecule has 0 saturated heterocycles. The molecule has 1 unspecified atom stereocenters. The van der Waals surface area contributed by atoms with Gasteiger partial charge in [0.2, 0.25) is 0 Å². The van der Waals surface area contributed by atoms with Crippen LogP contribution in [0.2, 0.25) is 0 Å². The maximum atomic E-state index is 6.69. The van der Waals surface area contributed by atoms with Gasteiger partial charge in [0.05, 0.1) is 33.1 Å². The van der Waals surface area contributed by atoms with Gasteiger partial charge in [0, 0.05) is 69.5 Å². The zero-order valence-electron chi connectivity index (χ0n) is 36.4. The Morgan fingerprint density at radius 1 is 0.441 bits per heavy atom. The predicted molar refractivity (Wildman–Crippen MR) is 285 cm³/mol. The molecule has 15 rings (SSSR count). The summed E-state index contributed by atoms with van der Waals surface area (Å²) in [4.78, 5) is 11.1. The molecule has 0 spiro atoms. The number of rotatable bonds is 5. The summed E-state index contributed by atoms with van der Waals surface area (Å²) in [7, 11) is 0. The Bertz CT molecular complexity index is 4490.